The van der Waals surface area contributed by atoms with Crippen molar-refractivity contribution in [3.63, 3.8) is 0 Å². The third-order valence-corrected chi connectivity index (χ3v) is 5.07. The maximum atomic E-state index is 12.5. The number of carbonyl (C=O) groups is 2. The van der Waals surface area contributed by atoms with Crippen LogP contribution in [0, 0.1) is 32.1 Å². The first-order valence-electron chi connectivity index (χ1n) is 8.44. The van der Waals surface area contributed by atoms with Crippen molar-refractivity contribution in [2.75, 3.05) is 0 Å². The first kappa shape index (κ1) is 19.4. The van der Waals surface area contributed by atoms with Gasteiger partial charge in [-0.05, 0) is 57.6 Å². The minimum absolute atomic E-state index is 0.0808. The highest BCUT2D eigenvalue weighted by molar-refractivity contribution is 5.98. The predicted molar refractivity (Wildman–Crippen MR) is 94.0 cm³/mol. The molecule has 1 aromatic rings. The number of unbranched alkanes of at least 4 members (excludes halogenated alkanes) is 1. The van der Waals surface area contributed by atoms with Crippen molar-refractivity contribution in [3.05, 3.63) is 34.4 Å². The highest BCUT2D eigenvalue weighted by Crippen LogP contribution is 2.33. The normalized spacial score (nSPS) is 13.9. The van der Waals surface area contributed by atoms with Crippen molar-refractivity contribution in [2.24, 2.45) is 11.3 Å². The molecule has 0 saturated carbocycles. The van der Waals surface area contributed by atoms with E-state index in [2.05, 4.69) is 0 Å². The molecule has 3 heteroatoms. The molecule has 0 bridgehead atoms. The number of aryl methyl sites for hydroxylation is 3. The number of aliphatic carboxylic acids is 1. The van der Waals surface area contributed by atoms with E-state index < -0.39 is 11.4 Å². The van der Waals surface area contributed by atoms with Gasteiger partial charge in [-0.2, -0.15) is 0 Å². The molecule has 0 heterocycles. The van der Waals surface area contributed by atoms with Crippen LogP contribution in [0.2, 0.25) is 0 Å². The molecule has 1 aromatic carbocycles. The zero-order valence-electron chi connectivity index (χ0n) is 15.3. The topological polar surface area (TPSA) is 54.4 Å². The third-order valence-electron chi connectivity index (χ3n) is 5.07. The Hall–Kier alpha value is -1.64. The van der Waals surface area contributed by atoms with Gasteiger partial charge in [0, 0.05) is 12.0 Å². The Bertz CT molecular complexity index is 564. The first-order valence-corrected chi connectivity index (χ1v) is 8.44. The molecule has 0 amide bonds. The van der Waals surface area contributed by atoms with Crippen LogP contribution in [0.1, 0.15) is 73.5 Å². The molecule has 0 aromatic heterocycles. The van der Waals surface area contributed by atoms with Crippen LogP contribution in [0.15, 0.2) is 12.1 Å². The zero-order valence-corrected chi connectivity index (χ0v) is 15.3. The van der Waals surface area contributed by atoms with E-state index in [9.17, 15) is 14.7 Å². The van der Waals surface area contributed by atoms with E-state index in [4.69, 9.17) is 0 Å². The van der Waals surface area contributed by atoms with Crippen molar-refractivity contribution < 1.29 is 14.7 Å². The molecule has 3 nitrogen and oxygen atoms in total. The Balaban J connectivity index is 2.63. The molecule has 0 saturated heterocycles. The van der Waals surface area contributed by atoms with E-state index in [0.29, 0.717) is 12.8 Å². The van der Waals surface area contributed by atoms with Crippen LogP contribution >= 0.6 is 0 Å². The van der Waals surface area contributed by atoms with Crippen molar-refractivity contribution in [1.82, 2.24) is 0 Å². The molecule has 0 aliphatic rings. The highest BCUT2D eigenvalue weighted by atomic mass is 16.4. The number of carboxylic acids is 1. The van der Waals surface area contributed by atoms with Crippen LogP contribution in [0.4, 0.5) is 0 Å². The maximum absolute atomic E-state index is 12.5. The highest BCUT2D eigenvalue weighted by Gasteiger charge is 2.35. The number of benzene rings is 1. The Kier molecular flexibility index (Phi) is 6.55. The van der Waals surface area contributed by atoms with Gasteiger partial charge in [0.2, 0.25) is 0 Å². The molecule has 1 rings (SSSR count). The number of Topliss-reactive ketones (excluding diaryl/α,β-unsaturated/α-hetero) is 1. The predicted octanol–water partition coefficient (Wildman–Crippen LogP) is 5.10. The van der Waals surface area contributed by atoms with Gasteiger partial charge in [-0.3, -0.25) is 9.59 Å². The average Bonchev–Trinajstić information content (AvgIpc) is 2.41. The van der Waals surface area contributed by atoms with Gasteiger partial charge in [0.05, 0.1) is 5.41 Å². The second-order valence-corrected chi connectivity index (χ2v) is 7.28. The van der Waals surface area contributed by atoms with Crippen molar-refractivity contribution in [3.8, 4) is 0 Å². The standard InChI is InChI=1S/C20H30O3/c1-13(2)20(6,19(22)23)10-8-7-9-17(21)18-15(4)11-14(3)12-16(18)5/h11-13H,7-10H2,1-6H3,(H,22,23). The number of rotatable bonds is 8. The van der Waals surface area contributed by atoms with Crippen LogP contribution in [-0.2, 0) is 4.79 Å². The fraction of sp³-hybridized carbons (Fsp3) is 0.600. The number of carboxylic acid groups (broad SMARTS) is 1. The monoisotopic (exact) mass is 318 g/mol. The van der Waals surface area contributed by atoms with E-state index >= 15 is 0 Å². The smallest absolute Gasteiger partial charge is 0.309 e. The van der Waals surface area contributed by atoms with E-state index in [-0.39, 0.29) is 11.7 Å². The van der Waals surface area contributed by atoms with Gasteiger partial charge in [-0.25, -0.2) is 0 Å². The largest absolute Gasteiger partial charge is 0.481 e. The van der Waals surface area contributed by atoms with Crippen LogP contribution in [0.3, 0.4) is 0 Å². The molecule has 1 N–H and O–H groups in total. The summed E-state index contributed by atoms with van der Waals surface area (Å²) in [6.45, 7) is 11.7. The summed E-state index contributed by atoms with van der Waals surface area (Å²) in [5.41, 5.74) is 3.36. The third kappa shape index (κ3) is 4.66. The number of hydrogen-bond donors (Lipinski definition) is 1. The summed E-state index contributed by atoms with van der Waals surface area (Å²) >= 11 is 0. The molecule has 0 fully saturated rings. The second kappa shape index (κ2) is 7.76. The van der Waals surface area contributed by atoms with E-state index in [1.165, 1.54) is 5.56 Å². The molecule has 0 radical (unpaired) electrons. The fourth-order valence-electron chi connectivity index (χ4n) is 3.17. The van der Waals surface area contributed by atoms with Crippen LogP contribution in [-0.4, -0.2) is 16.9 Å². The number of ketones is 1. The second-order valence-electron chi connectivity index (χ2n) is 7.28. The summed E-state index contributed by atoms with van der Waals surface area (Å²) in [5, 5.41) is 9.42. The summed E-state index contributed by atoms with van der Waals surface area (Å²) in [5.74, 6) is -0.497. The molecule has 23 heavy (non-hydrogen) atoms. The Morgan fingerprint density at radius 1 is 1.09 bits per heavy atom. The lowest BCUT2D eigenvalue weighted by atomic mass is 9.75. The van der Waals surface area contributed by atoms with E-state index in [0.717, 1.165) is 29.5 Å². The first-order chi connectivity index (χ1) is 10.6. The van der Waals surface area contributed by atoms with E-state index in [1.54, 1.807) is 6.92 Å². The molecule has 1 atom stereocenters. The molecule has 0 aliphatic carbocycles. The molecule has 128 valence electrons. The van der Waals surface area contributed by atoms with Gasteiger partial charge < -0.3 is 5.11 Å². The van der Waals surface area contributed by atoms with Crippen LogP contribution < -0.4 is 0 Å². The summed E-state index contributed by atoms with van der Waals surface area (Å²) in [4.78, 5) is 23.9. The Labute approximate surface area is 140 Å². The van der Waals surface area contributed by atoms with E-state index in [1.807, 2.05) is 46.8 Å². The summed E-state index contributed by atoms with van der Waals surface area (Å²) < 4.78 is 0. The average molecular weight is 318 g/mol. The quantitative estimate of drug-likeness (QED) is 0.536. The lowest BCUT2D eigenvalue weighted by molar-refractivity contribution is -0.151. The maximum Gasteiger partial charge on any atom is 0.309 e. The lowest BCUT2D eigenvalue weighted by Gasteiger charge is -2.29. The molecule has 0 aliphatic heterocycles. The zero-order chi connectivity index (χ0) is 17.8. The number of hydrogen-bond acceptors (Lipinski definition) is 2. The van der Waals surface area contributed by atoms with Crippen molar-refractivity contribution in [1.29, 1.82) is 0 Å². The SMILES string of the molecule is Cc1cc(C)c(C(=O)CCCCC(C)(C(=O)O)C(C)C)c(C)c1. The van der Waals surface area contributed by atoms with Gasteiger partial charge in [-0.1, -0.05) is 38.0 Å². The van der Waals surface area contributed by atoms with Crippen molar-refractivity contribution in [2.45, 2.75) is 67.2 Å². The number of carbonyl (C=O) groups excluding carboxylic acids is 1. The molecular formula is C20H30O3. The van der Waals surface area contributed by atoms with Crippen LogP contribution in [0.25, 0.3) is 0 Å². The molecular weight excluding hydrogens is 288 g/mol. The minimum Gasteiger partial charge on any atom is -0.481 e. The minimum atomic E-state index is -0.746. The van der Waals surface area contributed by atoms with Crippen LogP contribution in [0.5, 0.6) is 0 Å². The lowest BCUT2D eigenvalue weighted by Crippen LogP contribution is -2.33. The van der Waals surface area contributed by atoms with Gasteiger partial charge in [0.25, 0.3) is 0 Å². The summed E-state index contributed by atoms with van der Waals surface area (Å²) in [7, 11) is 0. The van der Waals surface area contributed by atoms with Gasteiger partial charge in [0.15, 0.2) is 5.78 Å². The Morgan fingerprint density at radius 3 is 2.04 bits per heavy atom. The summed E-state index contributed by atoms with van der Waals surface area (Å²) in [6, 6.07) is 4.08. The fourth-order valence-corrected chi connectivity index (χ4v) is 3.17. The molecule has 1 unspecified atom stereocenters. The Morgan fingerprint density at radius 2 is 1.61 bits per heavy atom. The van der Waals surface area contributed by atoms with Gasteiger partial charge in [-0.15, -0.1) is 0 Å². The van der Waals surface area contributed by atoms with Crippen molar-refractivity contribution >= 4 is 11.8 Å². The summed E-state index contributed by atoms with van der Waals surface area (Å²) in [6.07, 6.45) is 2.59. The van der Waals surface area contributed by atoms with Gasteiger partial charge >= 0.3 is 5.97 Å². The molecule has 0 spiro atoms. The van der Waals surface area contributed by atoms with Gasteiger partial charge in [0.1, 0.15) is 0 Å².